The maximum atomic E-state index is 12.4. The molecule has 7 heteroatoms. The molecule has 0 amide bonds. The molecular formula is C23H18BrNO5. The molecule has 0 bridgehead atoms. The van der Waals surface area contributed by atoms with Crippen LogP contribution in [0, 0.1) is 10.1 Å². The van der Waals surface area contributed by atoms with Crippen LogP contribution in [0.2, 0.25) is 0 Å². The molecule has 0 saturated heterocycles. The lowest BCUT2D eigenvalue weighted by atomic mass is 10.1. The summed E-state index contributed by atoms with van der Waals surface area (Å²) < 4.78 is 12.1. The van der Waals surface area contributed by atoms with Crippen LogP contribution in [0.4, 0.5) is 5.69 Å². The van der Waals surface area contributed by atoms with Gasteiger partial charge in [-0.05, 0) is 48.0 Å². The van der Waals surface area contributed by atoms with Crippen molar-refractivity contribution >= 4 is 33.5 Å². The number of carbonyl (C=O) groups is 1. The lowest BCUT2D eigenvalue weighted by molar-refractivity contribution is -0.385. The van der Waals surface area contributed by atoms with Crippen LogP contribution in [0.15, 0.2) is 77.3 Å². The van der Waals surface area contributed by atoms with Gasteiger partial charge in [0.1, 0.15) is 18.1 Å². The molecule has 0 aliphatic rings. The quantitative estimate of drug-likeness (QED) is 0.180. The first-order chi connectivity index (χ1) is 14.5. The molecule has 0 radical (unpaired) electrons. The highest BCUT2D eigenvalue weighted by Gasteiger charge is 2.17. The lowest BCUT2D eigenvalue weighted by Gasteiger charge is -2.11. The SMILES string of the molecule is COc1ccc(/C=C/C(=O)c2ccccc2[N+](=O)[O-])cc1COc1cccc(Br)c1. The molecule has 30 heavy (non-hydrogen) atoms. The highest BCUT2D eigenvalue weighted by Crippen LogP contribution is 2.25. The first-order valence-corrected chi connectivity index (χ1v) is 9.78. The lowest BCUT2D eigenvalue weighted by Crippen LogP contribution is -2.01. The van der Waals surface area contributed by atoms with Gasteiger partial charge < -0.3 is 9.47 Å². The normalized spacial score (nSPS) is 10.7. The number of ether oxygens (including phenoxy) is 2. The number of halogens is 1. The van der Waals surface area contributed by atoms with Gasteiger partial charge in [-0.25, -0.2) is 0 Å². The Bertz CT molecular complexity index is 1110. The van der Waals surface area contributed by atoms with Crippen molar-refractivity contribution in [1.29, 1.82) is 0 Å². The number of methoxy groups -OCH3 is 1. The van der Waals surface area contributed by atoms with Gasteiger partial charge in [0.05, 0.1) is 17.6 Å². The minimum absolute atomic E-state index is 0.0467. The van der Waals surface area contributed by atoms with Crippen LogP contribution in [0.25, 0.3) is 6.08 Å². The maximum Gasteiger partial charge on any atom is 0.280 e. The number of benzene rings is 3. The summed E-state index contributed by atoms with van der Waals surface area (Å²) >= 11 is 3.41. The third-order valence-electron chi connectivity index (χ3n) is 4.29. The molecule has 6 nitrogen and oxygen atoms in total. The monoisotopic (exact) mass is 467 g/mol. The summed E-state index contributed by atoms with van der Waals surface area (Å²) in [6.07, 6.45) is 2.93. The number of hydrogen-bond donors (Lipinski definition) is 0. The zero-order chi connectivity index (χ0) is 21.5. The molecular weight excluding hydrogens is 450 g/mol. The average Bonchev–Trinajstić information content (AvgIpc) is 2.76. The second-order valence-electron chi connectivity index (χ2n) is 6.29. The number of para-hydroxylation sites is 1. The molecule has 152 valence electrons. The van der Waals surface area contributed by atoms with Gasteiger partial charge in [-0.3, -0.25) is 14.9 Å². The summed E-state index contributed by atoms with van der Waals surface area (Å²) in [7, 11) is 1.57. The van der Waals surface area contributed by atoms with E-state index >= 15 is 0 Å². The summed E-state index contributed by atoms with van der Waals surface area (Å²) in [6, 6.07) is 18.8. The predicted octanol–water partition coefficient (Wildman–Crippen LogP) is 5.84. The van der Waals surface area contributed by atoms with E-state index in [1.54, 1.807) is 31.4 Å². The van der Waals surface area contributed by atoms with Crippen LogP contribution in [0.3, 0.4) is 0 Å². The fourth-order valence-corrected chi connectivity index (χ4v) is 3.21. The Morgan fingerprint density at radius 2 is 1.90 bits per heavy atom. The summed E-state index contributed by atoms with van der Waals surface area (Å²) in [5.74, 6) is 0.927. The number of carbonyl (C=O) groups excluding carboxylic acids is 1. The van der Waals surface area contributed by atoms with E-state index in [1.165, 1.54) is 24.3 Å². The first-order valence-electron chi connectivity index (χ1n) is 8.99. The van der Waals surface area contributed by atoms with Crippen LogP contribution in [0.1, 0.15) is 21.5 Å². The van der Waals surface area contributed by atoms with Crippen LogP contribution in [0.5, 0.6) is 11.5 Å². The van der Waals surface area contributed by atoms with Crippen LogP contribution in [-0.4, -0.2) is 17.8 Å². The van der Waals surface area contributed by atoms with Crippen LogP contribution < -0.4 is 9.47 Å². The third kappa shape index (κ3) is 5.33. The van der Waals surface area contributed by atoms with Gasteiger partial charge in [-0.1, -0.05) is 46.3 Å². The number of allylic oxidation sites excluding steroid dienone is 1. The number of ketones is 1. The topological polar surface area (TPSA) is 78.7 Å². The summed E-state index contributed by atoms with van der Waals surface area (Å²) in [4.78, 5) is 23.0. The van der Waals surface area contributed by atoms with E-state index in [9.17, 15) is 14.9 Å². The zero-order valence-corrected chi connectivity index (χ0v) is 17.7. The van der Waals surface area contributed by atoms with Crippen molar-refractivity contribution in [3.8, 4) is 11.5 Å². The van der Waals surface area contributed by atoms with E-state index in [2.05, 4.69) is 15.9 Å². The molecule has 3 rings (SSSR count). The number of nitro benzene ring substituents is 1. The smallest absolute Gasteiger partial charge is 0.280 e. The number of rotatable bonds is 8. The van der Waals surface area contributed by atoms with Gasteiger partial charge in [0.2, 0.25) is 0 Å². The summed E-state index contributed by atoms with van der Waals surface area (Å²) in [6.45, 7) is 0.277. The van der Waals surface area contributed by atoms with Crippen molar-refractivity contribution in [2.75, 3.05) is 7.11 Å². The highest BCUT2D eigenvalue weighted by molar-refractivity contribution is 9.10. The van der Waals surface area contributed by atoms with Gasteiger partial charge in [-0.15, -0.1) is 0 Å². The molecule has 0 aliphatic heterocycles. The van der Waals surface area contributed by atoms with E-state index in [1.807, 2.05) is 30.3 Å². The molecule has 3 aromatic rings. The standard InChI is InChI=1S/C23H18BrNO5/c1-29-23-12-10-16(13-17(23)15-30-19-6-4-5-18(24)14-19)9-11-22(26)20-7-2-3-8-21(20)25(27)28/h2-14H,15H2,1H3/b11-9+. The molecule has 0 saturated carbocycles. The Kier molecular flexibility index (Phi) is 6.98. The Labute approximate surface area is 182 Å². The molecule has 0 heterocycles. The van der Waals surface area contributed by atoms with Gasteiger partial charge in [0.25, 0.3) is 5.69 Å². The third-order valence-corrected chi connectivity index (χ3v) is 4.78. The highest BCUT2D eigenvalue weighted by atomic mass is 79.9. The molecule has 0 atom stereocenters. The summed E-state index contributed by atoms with van der Waals surface area (Å²) in [5.41, 5.74) is 1.38. The second-order valence-corrected chi connectivity index (χ2v) is 7.20. The molecule has 0 unspecified atom stereocenters. The van der Waals surface area contributed by atoms with Crippen molar-refractivity contribution in [3.63, 3.8) is 0 Å². The molecule has 0 spiro atoms. The van der Waals surface area contributed by atoms with E-state index in [-0.39, 0.29) is 17.9 Å². The largest absolute Gasteiger partial charge is 0.496 e. The number of nitro groups is 1. The van der Waals surface area contributed by atoms with Gasteiger partial charge in [0.15, 0.2) is 5.78 Å². The number of nitrogens with zero attached hydrogens (tertiary/aromatic N) is 1. The van der Waals surface area contributed by atoms with E-state index in [4.69, 9.17) is 9.47 Å². The second kappa shape index (κ2) is 9.84. The Morgan fingerprint density at radius 3 is 2.63 bits per heavy atom. The zero-order valence-electron chi connectivity index (χ0n) is 16.1. The predicted molar refractivity (Wildman–Crippen MR) is 118 cm³/mol. The Balaban J connectivity index is 1.79. The maximum absolute atomic E-state index is 12.4. The minimum atomic E-state index is -0.564. The van der Waals surface area contributed by atoms with Crippen molar-refractivity contribution in [2.24, 2.45) is 0 Å². The van der Waals surface area contributed by atoms with Crippen LogP contribution in [-0.2, 0) is 6.61 Å². The molecule has 0 aliphatic carbocycles. The minimum Gasteiger partial charge on any atom is -0.496 e. The van der Waals surface area contributed by atoms with E-state index < -0.39 is 10.7 Å². The number of hydrogen-bond acceptors (Lipinski definition) is 5. The Morgan fingerprint density at radius 1 is 1.10 bits per heavy atom. The molecule has 3 aromatic carbocycles. The molecule has 0 aromatic heterocycles. The fourth-order valence-electron chi connectivity index (χ4n) is 2.84. The van der Waals surface area contributed by atoms with Gasteiger partial charge in [-0.2, -0.15) is 0 Å². The van der Waals surface area contributed by atoms with Crippen molar-refractivity contribution in [3.05, 3.63) is 104 Å². The first kappa shape index (κ1) is 21.3. The average molecular weight is 468 g/mol. The van der Waals surface area contributed by atoms with Gasteiger partial charge >= 0.3 is 0 Å². The van der Waals surface area contributed by atoms with Crippen LogP contribution >= 0.6 is 15.9 Å². The molecule has 0 fully saturated rings. The van der Waals surface area contributed by atoms with Gasteiger partial charge in [0, 0.05) is 16.1 Å². The Hall–Kier alpha value is -3.45. The van der Waals surface area contributed by atoms with E-state index in [0.717, 1.165) is 15.6 Å². The molecule has 0 N–H and O–H groups in total. The summed E-state index contributed by atoms with van der Waals surface area (Å²) in [5, 5.41) is 11.1. The fraction of sp³-hybridized carbons (Fsp3) is 0.0870. The van der Waals surface area contributed by atoms with E-state index in [0.29, 0.717) is 11.5 Å². The van der Waals surface area contributed by atoms with Crippen molar-refractivity contribution < 1.29 is 19.2 Å². The van der Waals surface area contributed by atoms with Crippen molar-refractivity contribution in [2.45, 2.75) is 6.61 Å². The van der Waals surface area contributed by atoms with Crippen molar-refractivity contribution in [1.82, 2.24) is 0 Å².